The first-order chi connectivity index (χ1) is 12.5. The topological polar surface area (TPSA) is 97.0 Å². The van der Waals surface area contributed by atoms with E-state index in [0.29, 0.717) is 12.2 Å². The van der Waals surface area contributed by atoms with Gasteiger partial charge in [-0.2, -0.15) is 0 Å². The molecule has 0 aliphatic carbocycles. The predicted molar refractivity (Wildman–Crippen MR) is 93.4 cm³/mol. The Bertz CT molecular complexity index is 670. The molecular weight excluding hydrogens is 338 g/mol. The SMILES string of the molecule is CC(=O)Nc1ccc(CN2C(=O)OC[C@H]2C(=O)NCC2CCCO2)cc1. The van der Waals surface area contributed by atoms with Gasteiger partial charge in [-0.05, 0) is 30.5 Å². The Morgan fingerprint density at radius 2 is 2.04 bits per heavy atom. The van der Waals surface area contributed by atoms with E-state index in [2.05, 4.69) is 10.6 Å². The Morgan fingerprint density at radius 1 is 1.27 bits per heavy atom. The van der Waals surface area contributed by atoms with Crippen molar-refractivity contribution in [3.8, 4) is 0 Å². The van der Waals surface area contributed by atoms with Gasteiger partial charge in [-0.1, -0.05) is 12.1 Å². The van der Waals surface area contributed by atoms with E-state index < -0.39 is 12.1 Å². The molecule has 3 amide bonds. The molecule has 2 aliphatic rings. The van der Waals surface area contributed by atoms with Gasteiger partial charge in [-0.15, -0.1) is 0 Å². The normalized spacial score (nSPS) is 22.2. The molecule has 2 heterocycles. The van der Waals surface area contributed by atoms with Gasteiger partial charge >= 0.3 is 6.09 Å². The highest BCUT2D eigenvalue weighted by Crippen LogP contribution is 2.19. The maximum atomic E-state index is 12.4. The van der Waals surface area contributed by atoms with Crippen LogP contribution in [0.5, 0.6) is 0 Å². The van der Waals surface area contributed by atoms with Crippen molar-refractivity contribution in [3.05, 3.63) is 29.8 Å². The van der Waals surface area contributed by atoms with Gasteiger partial charge in [-0.3, -0.25) is 14.5 Å². The summed E-state index contributed by atoms with van der Waals surface area (Å²) in [6, 6.07) is 6.46. The van der Waals surface area contributed by atoms with Crippen LogP contribution in [0.3, 0.4) is 0 Å². The van der Waals surface area contributed by atoms with E-state index in [0.717, 1.165) is 25.0 Å². The van der Waals surface area contributed by atoms with E-state index in [1.165, 1.54) is 11.8 Å². The summed E-state index contributed by atoms with van der Waals surface area (Å²) >= 11 is 0. The lowest BCUT2D eigenvalue weighted by Crippen LogP contribution is -2.47. The molecule has 2 saturated heterocycles. The standard InChI is InChI=1S/C18H23N3O5/c1-12(22)20-14-6-4-13(5-7-14)10-21-16(11-26-18(21)24)17(23)19-9-15-3-2-8-25-15/h4-7,15-16H,2-3,8-11H2,1H3,(H,19,23)(H,20,22)/t15?,16-/m0/s1. The van der Waals surface area contributed by atoms with E-state index >= 15 is 0 Å². The fraction of sp³-hybridized carbons (Fsp3) is 0.500. The highest BCUT2D eigenvalue weighted by atomic mass is 16.6. The van der Waals surface area contributed by atoms with Crippen LogP contribution < -0.4 is 10.6 Å². The van der Waals surface area contributed by atoms with Crippen LogP contribution in [0.4, 0.5) is 10.5 Å². The number of nitrogens with zero attached hydrogens (tertiary/aromatic N) is 1. The summed E-state index contributed by atoms with van der Waals surface area (Å²) in [4.78, 5) is 36.9. The molecule has 0 radical (unpaired) electrons. The Morgan fingerprint density at radius 3 is 2.69 bits per heavy atom. The van der Waals surface area contributed by atoms with Crippen molar-refractivity contribution in [1.29, 1.82) is 0 Å². The van der Waals surface area contributed by atoms with E-state index in [-0.39, 0.29) is 31.1 Å². The first kappa shape index (κ1) is 18.2. The second-order valence-corrected chi connectivity index (χ2v) is 6.48. The minimum absolute atomic E-state index is 0.0418. The molecule has 2 aliphatic heterocycles. The minimum atomic E-state index is -0.654. The fourth-order valence-corrected chi connectivity index (χ4v) is 3.07. The summed E-state index contributed by atoms with van der Waals surface area (Å²) in [5, 5.41) is 5.53. The molecule has 0 aromatic heterocycles. The minimum Gasteiger partial charge on any atom is -0.447 e. The highest BCUT2D eigenvalue weighted by Gasteiger charge is 2.38. The van der Waals surface area contributed by atoms with Gasteiger partial charge in [0, 0.05) is 25.8 Å². The number of nitrogens with one attached hydrogen (secondary N) is 2. The van der Waals surface area contributed by atoms with Crippen LogP contribution in [0, 0.1) is 0 Å². The summed E-state index contributed by atoms with van der Waals surface area (Å²) in [7, 11) is 0. The number of ether oxygens (including phenoxy) is 2. The van der Waals surface area contributed by atoms with E-state index in [1.807, 2.05) is 0 Å². The van der Waals surface area contributed by atoms with Crippen molar-refractivity contribution < 1.29 is 23.9 Å². The quantitative estimate of drug-likeness (QED) is 0.795. The van der Waals surface area contributed by atoms with Gasteiger partial charge in [-0.25, -0.2) is 4.79 Å². The summed E-state index contributed by atoms with van der Waals surface area (Å²) in [5.41, 5.74) is 1.52. The maximum Gasteiger partial charge on any atom is 0.410 e. The predicted octanol–water partition coefficient (Wildman–Crippen LogP) is 1.26. The highest BCUT2D eigenvalue weighted by molar-refractivity contribution is 5.89. The molecule has 1 unspecified atom stereocenters. The second-order valence-electron chi connectivity index (χ2n) is 6.48. The van der Waals surface area contributed by atoms with Crippen molar-refractivity contribution in [2.75, 3.05) is 25.1 Å². The van der Waals surface area contributed by atoms with Gasteiger partial charge in [0.15, 0.2) is 0 Å². The lowest BCUT2D eigenvalue weighted by molar-refractivity contribution is -0.125. The van der Waals surface area contributed by atoms with E-state index in [4.69, 9.17) is 9.47 Å². The number of benzene rings is 1. The molecule has 2 atom stereocenters. The number of hydrogen-bond donors (Lipinski definition) is 2. The third-order valence-electron chi connectivity index (χ3n) is 4.43. The van der Waals surface area contributed by atoms with Crippen LogP contribution in [-0.4, -0.2) is 54.7 Å². The van der Waals surface area contributed by atoms with Gasteiger partial charge in [0.05, 0.1) is 12.6 Å². The smallest absolute Gasteiger partial charge is 0.410 e. The Kier molecular flexibility index (Phi) is 5.72. The molecule has 2 fully saturated rings. The van der Waals surface area contributed by atoms with Crippen molar-refractivity contribution in [3.63, 3.8) is 0 Å². The van der Waals surface area contributed by atoms with Crippen molar-refractivity contribution >= 4 is 23.6 Å². The Labute approximate surface area is 151 Å². The zero-order valence-electron chi connectivity index (χ0n) is 14.7. The van der Waals surface area contributed by atoms with Crippen LogP contribution >= 0.6 is 0 Å². The monoisotopic (exact) mass is 361 g/mol. The van der Waals surface area contributed by atoms with Crippen LogP contribution in [0.1, 0.15) is 25.3 Å². The second kappa shape index (κ2) is 8.18. The van der Waals surface area contributed by atoms with Gasteiger partial charge in [0.2, 0.25) is 11.8 Å². The van der Waals surface area contributed by atoms with Gasteiger partial charge in [0.1, 0.15) is 12.6 Å². The molecule has 3 rings (SSSR count). The summed E-state index contributed by atoms with van der Waals surface area (Å²) in [5.74, 6) is -0.384. The number of carbonyl (C=O) groups is 3. The Hall–Kier alpha value is -2.61. The molecule has 1 aromatic rings. The third kappa shape index (κ3) is 4.51. The lowest BCUT2D eigenvalue weighted by Gasteiger charge is -2.21. The molecule has 140 valence electrons. The number of amides is 3. The lowest BCUT2D eigenvalue weighted by atomic mass is 10.1. The largest absolute Gasteiger partial charge is 0.447 e. The van der Waals surface area contributed by atoms with E-state index in [9.17, 15) is 14.4 Å². The first-order valence-electron chi connectivity index (χ1n) is 8.72. The average molecular weight is 361 g/mol. The zero-order chi connectivity index (χ0) is 18.5. The van der Waals surface area contributed by atoms with Crippen molar-refractivity contribution in [2.24, 2.45) is 0 Å². The molecule has 0 saturated carbocycles. The number of cyclic esters (lactones) is 1. The molecule has 26 heavy (non-hydrogen) atoms. The number of anilines is 1. The molecule has 8 heteroatoms. The van der Waals surface area contributed by atoms with Crippen LogP contribution in [-0.2, 0) is 25.6 Å². The van der Waals surface area contributed by atoms with Crippen molar-refractivity contribution in [2.45, 2.75) is 38.5 Å². The summed E-state index contributed by atoms with van der Waals surface area (Å²) in [6.07, 6.45) is 1.48. The molecule has 0 spiro atoms. The average Bonchev–Trinajstić information content (AvgIpc) is 3.25. The van der Waals surface area contributed by atoms with E-state index in [1.54, 1.807) is 24.3 Å². The van der Waals surface area contributed by atoms with Crippen molar-refractivity contribution in [1.82, 2.24) is 10.2 Å². The summed E-state index contributed by atoms with van der Waals surface area (Å²) < 4.78 is 10.5. The number of rotatable bonds is 6. The molecular formula is C18H23N3O5. The molecule has 0 bridgehead atoms. The zero-order valence-corrected chi connectivity index (χ0v) is 14.7. The number of hydrogen-bond acceptors (Lipinski definition) is 5. The van der Waals surface area contributed by atoms with Gasteiger partial charge < -0.3 is 20.1 Å². The molecule has 1 aromatic carbocycles. The van der Waals surface area contributed by atoms with Crippen LogP contribution in [0.2, 0.25) is 0 Å². The molecule has 8 nitrogen and oxygen atoms in total. The molecule has 2 N–H and O–H groups in total. The third-order valence-corrected chi connectivity index (χ3v) is 4.43. The first-order valence-corrected chi connectivity index (χ1v) is 8.72. The van der Waals surface area contributed by atoms with Crippen LogP contribution in [0.25, 0.3) is 0 Å². The van der Waals surface area contributed by atoms with Crippen LogP contribution in [0.15, 0.2) is 24.3 Å². The maximum absolute atomic E-state index is 12.4. The number of carbonyl (C=O) groups excluding carboxylic acids is 3. The Balaban J connectivity index is 1.58. The summed E-state index contributed by atoms with van der Waals surface area (Å²) in [6.45, 7) is 2.92. The van der Waals surface area contributed by atoms with Gasteiger partial charge in [0.25, 0.3) is 0 Å². The fourth-order valence-electron chi connectivity index (χ4n) is 3.07.